The van der Waals surface area contributed by atoms with Crippen LogP contribution in [0.4, 0.5) is 16.2 Å². The number of nitrogens with zero attached hydrogens (tertiary/aromatic N) is 2. The summed E-state index contributed by atoms with van der Waals surface area (Å²) in [6, 6.07) is 14.1. The number of fused-ring (bicyclic) bond motifs is 4. The Kier molecular flexibility index (Phi) is 8.26. The number of aromatic nitrogens is 1. The van der Waals surface area contributed by atoms with Gasteiger partial charge in [-0.1, -0.05) is 37.1 Å². The van der Waals surface area contributed by atoms with E-state index in [-0.39, 0.29) is 23.8 Å². The number of halogens is 1. The van der Waals surface area contributed by atoms with Crippen molar-refractivity contribution in [2.24, 2.45) is 5.92 Å². The molecular weight excluding hydrogens is 544 g/mol. The number of pyridine rings is 1. The van der Waals surface area contributed by atoms with Gasteiger partial charge in [0.1, 0.15) is 5.75 Å². The molecule has 0 saturated carbocycles. The van der Waals surface area contributed by atoms with Crippen molar-refractivity contribution in [1.82, 2.24) is 9.88 Å². The molecule has 0 unspecified atom stereocenters. The maximum Gasteiger partial charge on any atom is 0.409 e. The highest BCUT2D eigenvalue weighted by Crippen LogP contribution is 2.37. The summed E-state index contributed by atoms with van der Waals surface area (Å²) in [6.45, 7) is 2.38. The van der Waals surface area contributed by atoms with Crippen molar-refractivity contribution in [1.29, 1.82) is 0 Å². The first-order valence-electron chi connectivity index (χ1n) is 13.5. The Morgan fingerprint density at radius 1 is 1.12 bits per heavy atom. The summed E-state index contributed by atoms with van der Waals surface area (Å²) < 4.78 is 5.26. The van der Waals surface area contributed by atoms with E-state index in [2.05, 4.69) is 15.6 Å². The first-order chi connectivity index (χ1) is 19.7. The lowest BCUT2D eigenvalue weighted by Crippen LogP contribution is -2.38. The van der Waals surface area contributed by atoms with E-state index in [1.807, 2.05) is 36.1 Å². The molecule has 212 valence electrons. The van der Waals surface area contributed by atoms with Crippen LogP contribution in [0.15, 0.2) is 60.8 Å². The molecule has 9 nitrogen and oxygen atoms in total. The highest BCUT2D eigenvalue weighted by atomic mass is 35.5. The molecule has 1 aromatic heterocycles. The van der Waals surface area contributed by atoms with Crippen LogP contribution >= 0.6 is 11.6 Å². The lowest BCUT2D eigenvalue weighted by Gasteiger charge is -2.34. The lowest BCUT2D eigenvalue weighted by atomic mass is 9.92. The smallest absolute Gasteiger partial charge is 0.409 e. The van der Waals surface area contributed by atoms with Crippen LogP contribution in [-0.4, -0.2) is 46.6 Å². The molecule has 2 atom stereocenters. The van der Waals surface area contributed by atoms with Gasteiger partial charge in [-0.3, -0.25) is 19.9 Å². The van der Waals surface area contributed by atoms with E-state index >= 15 is 0 Å². The van der Waals surface area contributed by atoms with E-state index < -0.39 is 6.09 Å². The molecule has 0 aliphatic carbocycles. The molecule has 2 aliphatic rings. The van der Waals surface area contributed by atoms with E-state index in [4.69, 9.17) is 21.4 Å². The Labute approximate surface area is 243 Å². The summed E-state index contributed by atoms with van der Waals surface area (Å²) in [6.07, 6.45) is 4.84. The summed E-state index contributed by atoms with van der Waals surface area (Å²) in [5, 5.41) is 15.0. The van der Waals surface area contributed by atoms with Gasteiger partial charge in [0.15, 0.2) is 0 Å². The van der Waals surface area contributed by atoms with Gasteiger partial charge in [0.05, 0.1) is 29.6 Å². The molecule has 2 bridgehead atoms. The van der Waals surface area contributed by atoms with Gasteiger partial charge in [0.25, 0.3) is 0 Å². The molecular formula is C31H31ClN4O5. The van der Waals surface area contributed by atoms with Crippen molar-refractivity contribution < 1.29 is 24.2 Å². The van der Waals surface area contributed by atoms with E-state index in [1.165, 1.54) is 0 Å². The molecule has 0 spiro atoms. The summed E-state index contributed by atoms with van der Waals surface area (Å²) >= 11 is 6.34. The number of carboxylic acid groups (broad SMARTS) is 1. The Morgan fingerprint density at radius 3 is 2.68 bits per heavy atom. The van der Waals surface area contributed by atoms with E-state index in [9.17, 15) is 14.4 Å². The van der Waals surface area contributed by atoms with Gasteiger partial charge in [0, 0.05) is 36.0 Å². The number of ether oxygens (including phenoxy) is 1. The molecule has 41 heavy (non-hydrogen) atoms. The van der Waals surface area contributed by atoms with Crippen LogP contribution in [0.2, 0.25) is 5.02 Å². The minimum Gasteiger partial charge on any atom is -0.495 e. The SMILES string of the molecule is COc1ccc(C2=CC(=O)N([C@H]3CCC[C@@H](C)C(=O)Nc4cc(NC(=O)O)ccc4-c4ccnc3c4)CC2)cc1Cl. The predicted molar refractivity (Wildman–Crippen MR) is 158 cm³/mol. The first kappa shape index (κ1) is 28.2. The number of methoxy groups -OCH3 is 1. The zero-order valence-corrected chi connectivity index (χ0v) is 23.6. The molecule has 5 rings (SSSR count). The molecule has 3 N–H and O–H groups in total. The minimum absolute atomic E-state index is 0.0990. The number of hydrogen-bond donors (Lipinski definition) is 3. The molecule has 3 amide bonds. The summed E-state index contributed by atoms with van der Waals surface area (Å²) in [7, 11) is 1.56. The van der Waals surface area contributed by atoms with E-state index in [0.29, 0.717) is 54.4 Å². The Balaban J connectivity index is 1.50. The van der Waals surface area contributed by atoms with Gasteiger partial charge in [-0.05, 0) is 72.4 Å². The third-order valence-corrected chi connectivity index (χ3v) is 7.92. The van der Waals surface area contributed by atoms with Crippen LogP contribution < -0.4 is 15.4 Å². The van der Waals surface area contributed by atoms with Crippen LogP contribution in [0, 0.1) is 5.92 Å². The quantitative estimate of drug-likeness (QED) is 0.322. The van der Waals surface area contributed by atoms with Gasteiger partial charge >= 0.3 is 6.09 Å². The molecule has 0 radical (unpaired) electrons. The highest BCUT2D eigenvalue weighted by Gasteiger charge is 2.30. The number of benzene rings is 2. The molecule has 3 heterocycles. The van der Waals surface area contributed by atoms with Crippen LogP contribution in [0.3, 0.4) is 0 Å². The van der Waals surface area contributed by atoms with Gasteiger partial charge in [-0.25, -0.2) is 4.79 Å². The zero-order valence-electron chi connectivity index (χ0n) is 22.8. The standard InChI is InChI=1S/C31H31ClN4O5/c1-18-4-3-5-27(36-13-11-20(16-29(36)37)19-6-9-28(41-2)24(32)14-19)26-15-21(10-12-33-26)23-8-7-22(34-31(39)40)17-25(23)35-30(18)38/h6-10,12,14-18,27,34H,3-5,11,13H2,1-2H3,(H,35,38)(H,39,40)/t18-,27+/m1/s1. The number of carbonyl (C=O) groups excluding carboxylic acids is 2. The van der Waals surface area contributed by atoms with Gasteiger partial charge < -0.3 is 20.1 Å². The normalized spacial score (nSPS) is 19.2. The second-order valence-electron chi connectivity index (χ2n) is 10.3. The fraction of sp³-hybridized carbons (Fsp3) is 0.290. The zero-order chi connectivity index (χ0) is 29.1. The van der Waals surface area contributed by atoms with E-state index in [0.717, 1.165) is 28.0 Å². The van der Waals surface area contributed by atoms with Gasteiger partial charge in [-0.15, -0.1) is 0 Å². The summed E-state index contributed by atoms with van der Waals surface area (Å²) in [5.41, 5.74) is 4.95. The largest absolute Gasteiger partial charge is 0.495 e. The van der Waals surface area contributed by atoms with Crippen molar-refractivity contribution >= 4 is 46.5 Å². The molecule has 10 heteroatoms. The minimum atomic E-state index is -1.19. The topological polar surface area (TPSA) is 121 Å². The molecule has 2 aromatic carbocycles. The Bertz CT molecular complexity index is 1540. The van der Waals surface area contributed by atoms with Crippen molar-refractivity contribution in [2.45, 2.75) is 38.6 Å². The number of hydrogen-bond acceptors (Lipinski definition) is 5. The average molecular weight is 575 g/mol. The number of amides is 3. The van der Waals surface area contributed by atoms with Gasteiger partial charge in [-0.2, -0.15) is 0 Å². The molecule has 0 fully saturated rings. The second-order valence-corrected chi connectivity index (χ2v) is 10.7. The van der Waals surface area contributed by atoms with Crippen LogP contribution in [0.1, 0.15) is 49.9 Å². The predicted octanol–water partition coefficient (Wildman–Crippen LogP) is 6.62. The summed E-state index contributed by atoms with van der Waals surface area (Å²) in [4.78, 5) is 44.4. The Morgan fingerprint density at radius 2 is 1.95 bits per heavy atom. The first-order valence-corrected chi connectivity index (χ1v) is 13.9. The molecule has 0 saturated heterocycles. The number of nitrogens with one attached hydrogen (secondary N) is 2. The summed E-state index contributed by atoms with van der Waals surface area (Å²) in [5.74, 6) is 0.0504. The third-order valence-electron chi connectivity index (χ3n) is 7.63. The second kappa shape index (κ2) is 12.0. The maximum atomic E-state index is 13.5. The molecule has 3 aromatic rings. The van der Waals surface area contributed by atoms with Crippen molar-refractivity contribution in [3.63, 3.8) is 0 Å². The van der Waals surface area contributed by atoms with Crippen molar-refractivity contribution in [3.8, 4) is 16.9 Å². The maximum absolute atomic E-state index is 13.5. The number of anilines is 2. The van der Waals surface area contributed by atoms with Crippen LogP contribution in [0.25, 0.3) is 16.7 Å². The Hall–Kier alpha value is -4.37. The highest BCUT2D eigenvalue weighted by molar-refractivity contribution is 6.32. The lowest BCUT2D eigenvalue weighted by molar-refractivity contribution is -0.129. The fourth-order valence-corrected chi connectivity index (χ4v) is 5.68. The van der Waals surface area contributed by atoms with Gasteiger partial charge in [0.2, 0.25) is 11.8 Å². The number of carbonyl (C=O) groups is 3. The monoisotopic (exact) mass is 574 g/mol. The average Bonchev–Trinajstić information content (AvgIpc) is 2.95. The third kappa shape index (κ3) is 6.20. The number of rotatable bonds is 4. The van der Waals surface area contributed by atoms with Crippen molar-refractivity contribution in [3.05, 3.63) is 77.1 Å². The fourth-order valence-electron chi connectivity index (χ4n) is 5.42. The van der Waals surface area contributed by atoms with E-state index in [1.54, 1.807) is 43.6 Å². The van der Waals surface area contributed by atoms with Crippen molar-refractivity contribution in [2.75, 3.05) is 24.3 Å². The van der Waals surface area contributed by atoms with Crippen LogP contribution in [0.5, 0.6) is 5.75 Å². The molecule has 2 aliphatic heterocycles. The van der Waals surface area contributed by atoms with Crippen LogP contribution in [-0.2, 0) is 9.59 Å².